The summed E-state index contributed by atoms with van der Waals surface area (Å²) in [6.45, 7) is 4.56. The average molecular weight is 322 g/mol. The maximum atomic E-state index is 11.0. The third-order valence-electron chi connectivity index (χ3n) is 4.76. The Labute approximate surface area is 144 Å². The second-order valence-electron chi connectivity index (χ2n) is 6.72. The van der Waals surface area contributed by atoms with Gasteiger partial charge in [0, 0.05) is 25.2 Å². The predicted octanol–water partition coefficient (Wildman–Crippen LogP) is 4.37. The van der Waals surface area contributed by atoms with E-state index in [-0.39, 0.29) is 5.91 Å². The van der Waals surface area contributed by atoms with Crippen LogP contribution in [0.2, 0.25) is 0 Å². The molecule has 3 rings (SSSR count). The first-order chi connectivity index (χ1) is 11.6. The minimum atomic E-state index is -0.0399. The van der Waals surface area contributed by atoms with Crippen LogP contribution in [0, 0.1) is 0 Å². The Morgan fingerprint density at radius 1 is 1.04 bits per heavy atom. The molecule has 3 heteroatoms. The van der Waals surface area contributed by atoms with E-state index in [2.05, 4.69) is 47.9 Å². The number of anilines is 1. The fourth-order valence-corrected chi connectivity index (χ4v) is 3.32. The standard InChI is InChI=1S/C21H26N2O/c1-15(19-10-9-18-5-3-4-6-20(18)13-19)22-14-17-7-11-21(12-8-17)23-16(2)24/h7-13,15,22H,3-6,14H2,1-2H3,(H,23,24). The van der Waals surface area contributed by atoms with E-state index in [4.69, 9.17) is 0 Å². The average Bonchev–Trinajstić information content (AvgIpc) is 2.60. The number of nitrogens with one attached hydrogen (secondary N) is 2. The van der Waals surface area contributed by atoms with Gasteiger partial charge in [-0.1, -0.05) is 30.3 Å². The molecule has 0 radical (unpaired) electrons. The normalized spacial score (nSPS) is 14.8. The Hall–Kier alpha value is -2.13. The Kier molecular flexibility index (Phi) is 5.31. The lowest BCUT2D eigenvalue weighted by Crippen LogP contribution is -2.18. The van der Waals surface area contributed by atoms with Gasteiger partial charge in [0.25, 0.3) is 0 Å². The largest absolute Gasteiger partial charge is 0.326 e. The minimum absolute atomic E-state index is 0.0399. The Balaban J connectivity index is 1.59. The SMILES string of the molecule is CC(=O)Nc1ccc(CNC(C)c2ccc3c(c2)CCCC3)cc1. The van der Waals surface area contributed by atoms with Crippen LogP contribution in [0.4, 0.5) is 5.69 Å². The van der Waals surface area contributed by atoms with Crippen molar-refractivity contribution >= 4 is 11.6 Å². The molecule has 1 unspecified atom stereocenters. The highest BCUT2D eigenvalue weighted by Crippen LogP contribution is 2.25. The zero-order valence-electron chi connectivity index (χ0n) is 14.6. The number of amides is 1. The quantitative estimate of drug-likeness (QED) is 0.858. The number of rotatable bonds is 5. The van der Waals surface area contributed by atoms with Gasteiger partial charge in [-0.05, 0) is 67.0 Å². The van der Waals surface area contributed by atoms with Gasteiger partial charge < -0.3 is 10.6 Å². The molecular weight excluding hydrogens is 296 g/mol. The summed E-state index contributed by atoms with van der Waals surface area (Å²) >= 11 is 0. The summed E-state index contributed by atoms with van der Waals surface area (Å²) in [5, 5.41) is 6.39. The molecule has 0 saturated heterocycles. The van der Waals surface area contributed by atoms with E-state index in [0.29, 0.717) is 6.04 Å². The number of carbonyl (C=O) groups excluding carboxylic acids is 1. The lowest BCUT2D eigenvalue weighted by Gasteiger charge is -2.20. The number of benzene rings is 2. The maximum Gasteiger partial charge on any atom is 0.221 e. The smallest absolute Gasteiger partial charge is 0.221 e. The molecule has 1 amide bonds. The summed E-state index contributed by atoms with van der Waals surface area (Å²) in [7, 11) is 0. The number of carbonyl (C=O) groups is 1. The first-order valence-corrected chi connectivity index (χ1v) is 8.83. The molecule has 1 aliphatic carbocycles. The lowest BCUT2D eigenvalue weighted by molar-refractivity contribution is -0.114. The molecule has 24 heavy (non-hydrogen) atoms. The molecule has 1 atom stereocenters. The molecular formula is C21H26N2O. The third-order valence-corrected chi connectivity index (χ3v) is 4.76. The van der Waals surface area contributed by atoms with Crippen LogP contribution >= 0.6 is 0 Å². The van der Waals surface area contributed by atoms with E-state index in [0.717, 1.165) is 12.2 Å². The van der Waals surface area contributed by atoms with Crippen LogP contribution in [0.5, 0.6) is 0 Å². The minimum Gasteiger partial charge on any atom is -0.326 e. The lowest BCUT2D eigenvalue weighted by atomic mass is 9.89. The maximum absolute atomic E-state index is 11.0. The summed E-state index contributed by atoms with van der Waals surface area (Å²) in [6.07, 6.45) is 5.10. The van der Waals surface area contributed by atoms with Crippen LogP contribution in [-0.4, -0.2) is 5.91 Å². The molecule has 3 nitrogen and oxygen atoms in total. The van der Waals surface area contributed by atoms with E-state index in [1.807, 2.05) is 12.1 Å². The van der Waals surface area contributed by atoms with Gasteiger partial charge in [0.05, 0.1) is 0 Å². The van der Waals surface area contributed by atoms with E-state index in [1.54, 1.807) is 0 Å². The molecule has 2 aromatic carbocycles. The fourth-order valence-electron chi connectivity index (χ4n) is 3.32. The highest BCUT2D eigenvalue weighted by molar-refractivity contribution is 5.88. The summed E-state index contributed by atoms with van der Waals surface area (Å²) in [6, 6.07) is 15.3. The highest BCUT2D eigenvalue weighted by Gasteiger charge is 2.12. The monoisotopic (exact) mass is 322 g/mol. The summed E-state index contributed by atoms with van der Waals surface area (Å²) in [4.78, 5) is 11.0. The molecule has 0 saturated carbocycles. The van der Waals surface area contributed by atoms with Gasteiger partial charge in [0.15, 0.2) is 0 Å². The zero-order chi connectivity index (χ0) is 16.9. The number of hydrogen-bond acceptors (Lipinski definition) is 2. The van der Waals surface area contributed by atoms with Crippen LogP contribution in [0.25, 0.3) is 0 Å². The van der Waals surface area contributed by atoms with Gasteiger partial charge in [-0.3, -0.25) is 4.79 Å². The van der Waals surface area contributed by atoms with Gasteiger partial charge in [0.1, 0.15) is 0 Å². The summed E-state index contributed by atoms with van der Waals surface area (Å²) in [5.41, 5.74) is 6.49. The topological polar surface area (TPSA) is 41.1 Å². The molecule has 0 aliphatic heterocycles. The van der Waals surface area contributed by atoms with Gasteiger partial charge in [0.2, 0.25) is 5.91 Å². The van der Waals surface area contributed by atoms with Gasteiger partial charge >= 0.3 is 0 Å². The zero-order valence-corrected chi connectivity index (χ0v) is 14.6. The van der Waals surface area contributed by atoms with Gasteiger partial charge in [-0.25, -0.2) is 0 Å². The predicted molar refractivity (Wildman–Crippen MR) is 99.1 cm³/mol. The van der Waals surface area contributed by atoms with Crippen molar-refractivity contribution < 1.29 is 4.79 Å². The molecule has 0 bridgehead atoms. The summed E-state index contributed by atoms with van der Waals surface area (Å²) in [5.74, 6) is -0.0399. The van der Waals surface area contributed by atoms with E-state index >= 15 is 0 Å². The molecule has 0 spiro atoms. The van der Waals surface area contributed by atoms with Crippen LogP contribution < -0.4 is 10.6 Å². The van der Waals surface area contributed by atoms with Crippen LogP contribution in [0.1, 0.15) is 55.0 Å². The molecule has 1 aliphatic rings. The Morgan fingerprint density at radius 3 is 2.46 bits per heavy atom. The second-order valence-corrected chi connectivity index (χ2v) is 6.72. The molecule has 0 fully saturated rings. The number of fused-ring (bicyclic) bond motifs is 1. The van der Waals surface area contributed by atoms with Crippen molar-refractivity contribution in [2.45, 2.75) is 52.1 Å². The molecule has 2 N–H and O–H groups in total. The van der Waals surface area contributed by atoms with Crippen molar-refractivity contribution in [2.24, 2.45) is 0 Å². The van der Waals surface area contributed by atoms with Crippen molar-refractivity contribution in [3.63, 3.8) is 0 Å². The van der Waals surface area contributed by atoms with Crippen molar-refractivity contribution in [3.8, 4) is 0 Å². The van der Waals surface area contributed by atoms with Crippen LogP contribution in [-0.2, 0) is 24.2 Å². The van der Waals surface area contributed by atoms with Gasteiger partial charge in [-0.2, -0.15) is 0 Å². The van der Waals surface area contributed by atoms with Crippen molar-refractivity contribution in [1.29, 1.82) is 0 Å². The van der Waals surface area contributed by atoms with Crippen molar-refractivity contribution in [1.82, 2.24) is 5.32 Å². The Morgan fingerprint density at radius 2 is 1.75 bits per heavy atom. The highest BCUT2D eigenvalue weighted by atomic mass is 16.1. The second kappa shape index (κ2) is 7.63. The van der Waals surface area contributed by atoms with Crippen molar-refractivity contribution in [2.75, 3.05) is 5.32 Å². The first-order valence-electron chi connectivity index (χ1n) is 8.83. The number of aryl methyl sites for hydroxylation is 2. The van der Waals surface area contributed by atoms with Crippen LogP contribution in [0.3, 0.4) is 0 Å². The molecule has 0 aromatic heterocycles. The molecule has 2 aromatic rings. The number of hydrogen-bond donors (Lipinski definition) is 2. The third kappa shape index (κ3) is 4.24. The van der Waals surface area contributed by atoms with Gasteiger partial charge in [-0.15, -0.1) is 0 Å². The molecule has 0 heterocycles. The van der Waals surface area contributed by atoms with Crippen molar-refractivity contribution in [3.05, 3.63) is 64.7 Å². The first kappa shape index (κ1) is 16.7. The van der Waals surface area contributed by atoms with E-state index in [9.17, 15) is 4.79 Å². The Bertz CT molecular complexity index is 706. The van der Waals surface area contributed by atoms with E-state index in [1.165, 1.54) is 54.9 Å². The summed E-state index contributed by atoms with van der Waals surface area (Å²) < 4.78 is 0. The van der Waals surface area contributed by atoms with E-state index < -0.39 is 0 Å². The fraction of sp³-hybridized carbons (Fsp3) is 0.381. The molecule has 126 valence electrons. The van der Waals surface area contributed by atoms with Crippen LogP contribution in [0.15, 0.2) is 42.5 Å².